The molecule has 0 unspecified atom stereocenters. The van der Waals surface area contributed by atoms with Crippen LogP contribution >= 0.6 is 0 Å². The van der Waals surface area contributed by atoms with Gasteiger partial charge in [0.25, 0.3) is 0 Å². The van der Waals surface area contributed by atoms with E-state index in [0.717, 1.165) is 0 Å². The average Bonchev–Trinajstić information content (AvgIpc) is 2.43. The minimum Gasteiger partial charge on any atom is -0.479 e. The van der Waals surface area contributed by atoms with E-state index in [1.807, 2.05) is 0 Å². The number of aliphatic hydroxyl groups excluding tert-OH is 1. The molecule has 4 nitrogen and oxygen atoms in total. The maximum atomic E-state index is 9.85. The number of carbonyl (C=O) groups is 1. The van der Waals surface area contributed by atoms with E-state index in [0.29, 0.717) is 6.61 Å². The molecule has 1 heterocycles. The highest BCUT2D eigenvalue weighted by molar-refractivity contribution is 5.73. The molecule has 1 aliphatic heterocycles. The van der Waals surface area contributed by atoms with Crippen LogP contribution in [0.1, 0.15) is 0 Å². The third kappa shape index (κ3) is 0.962. The van der Waals surface area contributed by atoms with Crippen LogP contribution in [0.5, 0.6) is 0 Å². The minimum atomic E-state index is -1.32. The van der Waals surface area contributed by atoms with Crippen molar-refractivity contribution in [3.05, 3.63) is 0 Å². The van der Waals surface area contributed by atoms with E-state index in [1.165, 1.54) is 0 Å². The molecule has 1 saturated heterocycles. The molecule has 0 aromatic carbocycles. The topological polar surface area (TPSA) is 70.1 Å². The Morgan fingerprint density at radius 3 is 2.50 bits per heavy atom. The summed E-state index contributed by atoms with van der Waals surface area (Å²) in [7, 11) is 0. The van der Waals surface area contributed by atoms with Gasteiger partial charge >= 0.3 is 5.97 Å². The largest absolute Gasteiger partial charge is 0.479 e. The molecular formula is C4H6O4. The number of aliphatic hydroxyl groups is 1. The summed E-state index contributed by atoms with van der Waals surface area (Å²) in [6, 6.07) is 0. The Bertz CT molecular complexity index is 107. The highest BCUT2D eigenvalue weighted by Crippen LogP contribution is 2.13. The van der Waals surface area contributed by atoms with Crippen molar-refractivity contribution < 1.29 is 19.7 Å². The summed E-state index contributed by atoms with van der Waals surface area (Å²) >= 11 is 0. The SMILES string of the molecule is O=C(O)[C@@H](O)[C@H]1CO1. The quantitative estimate of drug-likeness (QED) is 0.448. The van der Waals surface area contributed by atoms with Crippen molar-refractivity contribution in [2.24, 2.45) is 0 Å². The lowest BCUT2D eigenvalue weighted by atomic mass is 10.3. The van der Waals surface area contributed by atoms with Crippen LogP contribution in [-0.4, -0.2) is 35.0 Å². The zero-order valence-corrected chi connectivity index (χ0v) is 4.07. The van der Waals surface area contributed by atoms with Gasteiger partial charge in [-0.2, -0.15) is 0 Å². The Morgan fingerprint density at radius 2 is 2.38 bits per heavy atom. The molecule has 4 heteroatoms. The minimum absolute atomic E-state index is 0.369. The number of ether oxygens (including phenoxy) is 1. The van der Waals surface area contributed by atoms with Gasteiger partial charge in [-0.1, -0.05) is 0 Å². The highest BCUT2D eigenvalue weighted by atomic mass is 16.6. The summed E-state index contributed by atoms with van der Waals surface area (Å²) in [4.78, 5) is 9.85. The predicted octanol–water partition coefficient (Wildman–Crippen LogP) is -1.17. The molecule has 0 radical (unpaired) electrons. The molecular weight excluding hydrogens is 112 g/mol. The second kappa shape index (κ2) is 1.72. The second-order valence-corrected chi connectivity index (χ2v) is 1.65. The van der Waals surface area contributed by atoms with Crippen LogP contribution in [0.3, 0.4) is 0 Å². The second-order valence-electron chi connectivity index (χ2n) is 1.65. The zero-order chi connectivity index (χ0) is 6.15. The van der Waals surface area contributed by atoms with Crippen LogP contribution in [0, 0.1) is 0 Å². The number of carboxylic acid groups (broad SMARTS) is 1. The third-order valence-corrected chi connectivity index (χ3v) is 0.964. The summed E-state index contributed by atoms with van der Waals surface area (Å²) < 4.78 is 4.50. The fourth-order valence-corrected chi connectivity index (χ4v) is 0.397. The molecule has 0 amide bonds. The van der Waals surface area contributed by atoms with Gasteiger partial charge in [0.2, 0.25) is 0 Å². The van der Waals surface area contributed by atoms with Gasteiger partial charge in [-0.15, -0.1) is 0 Å². The molecule has 1 fully saturated rings. The lowest BCUT2D eigenvalue weighted by molar-refractivity contribution is -0.147. The van der Waals surface area contributed by atoms with Gasteiger partial charge in [0.1, 0.15) is 6.10 Å². The molecule has 0 aliphatic carbocycles. The number of aliphatic carboxylic acids is 1. The van der Waals surface area contributed by atoms with Crippen molar-refractivity contribution in [2.45, 2.75) is 12.2 Å². The van der Waals surface area contributed by atoms with Crippen molar-refractivity contribution in [2.75, 3.05) is 6.61 Å². The van der Waals surface area contributed by atoms with Crippen LogP contribution in [-0.2, 0) is 9.53 Å². The molecule has 0 bridgehead atoms. The normalized spacial score (nSPS) is 29.4. The third-order valence-electron chi connectivity index (χ3n) is 0.964. The Kier molecular flexibility index (Phi) is 1.19. The molecule has 0 aromatic heterocycles. The standard InChI is InChI=1S/C4H6O4/c5-3(4(6)7)2-1-8-2/h2-3,5H,1H2,(H,6,7)/t2-,3+/m1/s1. The Hall–Kier alpha value is -0.610. The smallest absolute Gasteiger partial charge is 0.335 e. The van der Waals surface area contributed by atoms with Crippen molar-refractivity contribution in [3.8, 4) is 0 Å². The number of hydrogen-bond donors (Lipinski definition) is 2. The van der Waals surface area contributed by atoms with Gasteiger partial charge in [-0.25, -0.2) is 4.79 Å². The number of carboxylic acids is 1. The summed E-state index contributed by atoms with van der Waals surface area (Å²) in [6.45, 7) is 0.369. The van der Waals surface area contributed by atoms with Gasteiger partial charge in [-0.3, -0.25) is 0 Å². The van der Waals surface area contributed by atoms with Crippen LogP contribution in [0.4, 0.5) is 0 Å². The Balaban J connectivity index is 2.32. The predicted molar refractivity (Wildman–Crippen MR) is 23.4 cm³/mol. The zero-order valence-electron chi connectivity index (χ0n) is 4.07. The van der Waals surface area contributed by atoms with Gasteiger partial charge in [0.05, 0.1) is 6.61 Å². The van der Waals surface area contributed by atoms with Gasteiger partial charge in [0, 0.05) is 0 Å². The molecule has 1 aliphatic rings. The van der Waals surface area contributed by atoms with E-state index < -0.39 is 18.2 Å². The Labute approximate surface area is 45.7 Å². The van der Waals surface area contributed by atoms with Crippen LogP contribution < -0.4 is 0 Å². The van der Waals surface area contributed by atoms with Gasteiger partial charge in [-0.05, 0) is 0 Å². The first-order chi connectivity index (χ1) is 3.72. The molecule has 0 saturated carbocycles. The van der Waals surface area contributed by atoms with E-state index in [4.69, 9.17) is 10.2 Å². The molecule has 0 spiro atoms. The molecule has 8 heavy (non-hydrogen) atoms. The number of hydrogen-bond acceptors (Lipinski definition) is 3. The number of epoxide rings is 1. The summed E-state index contributed by atoms with van der Waals surface area (Å²) in [6.07, 6.45) is -1.78. The van der Waals surface area contributed by atoms with Crippen molar-refractivity contribution in [1.82, 2.24) is 0 Å². The number of rotatable bonds is 2. The van der Waals surface area contributed by atoms with Gasteiger partial charge < -0.3 is 14.9 Å². The maximum Gasteiger partial charge on any atom is 0.335 e. The summed E-state index contributed by atoms with van der Waals surface area (Å²) in [5, 5.41) is 16.6. The van der Waals surface area contributed by atoms with Crippen molar-refractivity contribution >= 4 is 5.97 Å². The molecule has 0 aromatic rings. The Morgan fingerprint density at radius 1 is 1.88 bits per heavy atom. The van der Waals surface area contributed by atoms with Crippen molar-refractivity contribution in [1.29, 1.82) is 0 Å². The lowest BCUT2D eigenvalue weighted by Gasteiger charge is -1.95. The summed E-state index contributed by atoms with van der Waals surface area (Å²) in [5.41, 5.74) is 0. The van der Waals surface area contributed by atoms with Crippen LogP contribution in [0.25, 0.3) is 0 Å². The lowest BCUT2D eigenvalue weighted by Crippen LogP contribution is -2.25. The van der Waals surface area contributed by atoms with E-state index in [9.17, 15) is 4.79 Å². The first kappa shape index (κ1) is 5.53. The van der Waals surface area contributed by atoms with E-state index in [1.54, 1.807) is 0 Å². The van der Waals surface area contributed by atoms with Crippen molar-refractivity contribution in [3.63, 3.8) is 0 Å². The van der Waals surface area contributed by atoms with Crippen LogP contribution in [0.15, 0.2) is 0 Å². The van der Waals surface area contributed by atoms with E-state index in [-0.39, 0.29) is 0 Å². The first-order valence-electron chi connectivity index (χ1n) is 2.24. The molecule has 2 N–H and O–H groups in total. The summed E-state index contributed by atoms with van der Waals surface area (Å²) in [5.74, 6) is -1.22. The average molecular weight is 118 g/mol. The maximum absolute atomic E-state index is 9.85. The fourth-order valence-electron chi connectivity index (χ4n) is 0.397. The molecule has 46 valence electrons. The molecule has 2 atom stereocenters. The van der Waals surface area contributed by atoms with E-state index in [2.05, 4.69) is 4.74 Å². The highest BCUT2D eigenvalue weighted by Gasteiger charge is 2.36. The van der Waals surface area contributed by atoms with Crippen LogP contribution in [0.2, 0.25) is 0 Å². The van der Waals surface area contributed by atoms with Gasteiger partial charge in [0.15, 0.2) is 6.10 Å². The monoisotopic (exact) mass is 118 g/mol. The molecule has 1 rings (SSSR count). The first-order valence-corrected chi connectivity index (χ1v) is 2.24. The fraction of sp³-hybridized carbons (Fsp3) is 0.750. The van der Waals surface area contributed by atoms with E-state index >= 15 is 0 Å².